The molecule has 0 aromatic heterocycles. The van der Waals surface area contributed by atoms with Gasteiger partial charge >= 0.3 is 6.18 Å². The summed E-state index contributed by atoms with van der Waals surface area (Å²) in [6, 6.07) is 5.26. The Morgan fingerprint density at radius 3 is 2.54 bits per heavy atom. The molecule has 0 atom stereocenters. The van der Waals surface area contributed by atoms with Gasteiger partial charge in [0.25, 0.3) is 0 Å². The van der Waals surface area contributed by atoms with Crippen molar-refractivity contribution in [1.29, 1.82) is 0 Å². The molecule has 0 bridgehead atoms. The molecule has 0 amide bonds. The topological polar surface area (TPSA) is 0 Å². The second-order valence-electron chi connectivity index (χ2n) is 2.69. The summed E-state index contributed by atoms with van der Waals surface area (Å²) in [5.74, 6) is 0. The fourth-order valence-electron chi connectivity index (χ4n) is 1.04. The second-order valence-corrected chi connectivity index (χ2v) is 2.69. The molecule has 0 aliphatic rings. The van der Waals surface area contributed by atoms with Crippen molar-refractivity contribution < 1.29 is 13.2 Å². The van der Waals surface area contributed by atoms with Crippen LogP contribution in [0, 0.1) is 0 Å². The second kappa shape index (κ2) is 3.64. The molecule has 70 valence electrons. The number of benzene rings is 1. The Morgan fingerprint density at radius 2 is 2.00 bits per heavy atom. The first-order chi connectivity index (χ1) is 6.04. The van der Waals surface area contributed by atoms with Gasteiger partial charge in [-0.15, -0.1) is 6.58 Å². The minimum Gasteiger partial charge on any atom is -0.166 e. The van der Waals surface area contributed by atoms with Crippen molar-refractivity contribution >= 4 is 0 Å². The third-order valence-electron chi connectivity index (χ3n) is 1.63. The van der Waals surface area contributed by atoms with E-state index in [1.165, 1.54) is 6.07 Å². The lowest BCUT2D eigenvalue weighted by atomic mass is 10.1. The van der Waals surface area contributed by atoms with Crippen LogP contribution in [-0.4, -0.2) is 0 Å². The average Bonchev–Trinajstić information content (AvgIpc) is 2.04. The molecule has 3 heteroatoms. The van der Waals surface area contributed by atoms with Gasteiger partial charge in [-0.2, -0.15) is 13.2 Å². The Labute approximate surface area is 74.7 Å². The van der Waals surface area contributed by atoms with Crippen molar-refractivity contribution in [2.75, 3.05) is 0 Å². The van der Waals surface area contributed by atoms with Gasteiger partial charge in [-0.1, -0.05) is 24.3 Å². The van der Waals surface area contributed by atoms with Crippen molar-refractivity contribution in [2.24, 2.45) is 0 Å². The number of hydrogen-bond acceptors (Lipinski definition) is 0. The van der Waals surface area contributed by atoms with E-state index in [1.807, 2.05) is 0 Å². The molecule has 0 saturated carbocycles. The number of rotatable bonds is 2. The third-order valence-corrected chi connectivity index (χ3v) is 1.63. The fourth-order valence-corrected chi connectivity index (χ4v) is 1.04. The summed E-state index contributed by atoms with van der Waals surface area (Å²) in [6.07, 6.45) is -2.21. The van der Waals surface area contributed by atoms with Crippen molar-refractivity contribution in [3.63, 3.8) is 0 Å². The summed E-state index contributed by atoms with van der Waals surface area (Å²) >= 11 is 0. The first-order valence-corrected chi connectivity index (χ1v) is 3.81. The average molecular weight is 186 g/mol. The van der Waals surface area contributed by atoms with E-state index in [-0.39, 0.29) is 0 Å². The van der Waals surface area contributed by atoms with Crippen LogP contribution in [-0.2, 0) is 12.6 Å². The van der Waals surface area contributed by atoms with Crippen LogP contribution in [0.3, 0.4) is 0 Å². The van der Waals surface area contributed by atoms with Gasteiger partial charge in [0.15, 0.2) is 0 Å². The third kappa shape index (κ3) is 2.61. The normalized spacial score (nSPS) is 11.3. The van der Waals surface area contributed by atoms with E-state index in [0.29, 0.717) is 12.0 Å². The summed E-state index contributed by atoms with van der Waals surface area (Å²) in [5.41, 5.74) is 0.0247. The van der Waals surface area contributed by atoms with Crippen LogP contribution in [0.4, 0.5) is 13.2 Å². The largest absolute Gasteiger partial charge is 0.416 e. The molecule has 0 heterocycles. The molecule has 0 aliphatic heterocycles. The molecule has 0 fully saturated rings. The molecule has 0 N–H and O–H groups in total. The molecule has 13 heavy (non-hydrogen) atoms. The molecule has 0 saturated heterocycles. The molecule has 0 unspecified atom stereocenters. The minimum absolute atomic E-state index is 0.462. The van der Waals surface area contributed by atoms with Crippen molar-refractivity contribution in [3.8, 4) is 0 Å². The predicted molar refractivity (Wildman–Crippen MR) is 45.3 cm³/mol. The van der Waals surface area contributed by atoms with Gasteiger partial charge in [0.05, 0.1) is 5.56 Å². The summed E-state index contributed by atoms with van der Waals surface area (Å²) in [7, 11) is 0. The predicted octanol–water partition coefficient (Wildman–Crippen LogP) is 3.43. The summed E-state index contributed by atoms with van der Waals surface area (Å²) in [5, 5.41) is 0. The van der Waals surface area contributed by atoms with Crippen LogP contribution in [0.2, 0.25) is 0 Å². The van der Waals surface area contributed by atoms with E-state index in [2.05, 4.69) is 6.58 Å². The summed E-state index contributed by atoms with van der Waals surface area (Å²) in [4.78, 5) is 0. The van der Waals surface area contributed by atoms with Crippen LogP contribution in [0.15, 0.2) is 36.9 Å². The van der Waals surface area contributed by atoms with Gasteiger partial charge in [-0.05, 0) is 18.1 Å². The maximum absolute atomic E-state index is 12.2. The van der Waals surface area contributed by atoms with Gasteiger partial charge in [0.1, 0.15) is 0 Å². The SMILES string of the molecule is C=CCc1cccc(C(F)(F)F)c1. The van der Waals surface area contributed by atoms with Gasteiger partial charge in [0.2, 0.25) is 0 Å². The number of halogens is 3. The lowest BCUT2D eigenvalue weighted by Crippen LogP contribution is -2.04. The lowest BCUT2D eigenvalue weighted by molar-refractivity contribution is -0.137. The monoisotopic (exact) mass is 186 g/mol. The zero-order valence-corrected chi connectivity index (χ0v) is 6.93. The molecule has 0 nitrogen and oxygen atoms in total. The van der Waals surface area contributed by atoms with Crippen molar-refractivity contribution in [3.05, 3.63) is 48.0 Å². The lowest BCUT2D eigenvalue weighted by Gasteiger charge is -2.07. The zero-order valence-electron chi connectivity index (χ0n) is 6.93. The van der Waals surface area contributed by atoms with Crippen molar-refractivity contribution in [2.45, 2.75) is 12.6 Å². The first kappa shape index (κ1) is 9.84. The summed E-state index contributed by atoms with van der Waals surface area (Å²) in [6.45, 7) is 3.47. The van der Waals surface area contributed by atoms with E-state index in [1.54, 1.807) is 12.1 Å². The van der Waals surface area contributed by atoms with Crippen molar-refractivity contribution in [1.82, 2.24) is 0 Å². The van der Waals surface area contributed by atoms with E-state index in [9.17, 15) is 13.2 Å². The molecule has 1 rings (SSSR count). The van der Waals surface area contributed by atoms with Crippen LogP contribution in [0.25, 0.3) is 0 Å². The Balaban J connectivity index is 2.98. The molecule has 0 aliphatic carbocycles. The Hall–Kier alpha value is -1.25. The van der Waals surface area contributed by atoms with Gasteiger partial charge in [-0.25, -0.2) is 0 Å². The standard InChI is InChI=1S/C10H9F3/c1-2-4-8-5-3-6-9(7-8)10(11,12)13/h2-3,5-7H,1,4H2. The minimum atomic E-state index is -4.25. The molecule has 0 radical (unpaired) electrons. The van der Waals surface area contributed by atoms with E-state index >= 15 is 0 Å². The number of allylic oxidation sites excluding steroid dienone is 1. The number of alkyl halides is 3. The van der Waals surface area contributed by atoms with Crippen LogP contribution >= 0.6 is 0 Å². The Morgan fingerprint density at radius 1 is 1.31 bits per heavy atom. The molecule has 0 spiro atoms. The maximum Gasteiger partial charge on any atom is 0.416 e. The van der Waals surface area contributed by atoms with Crippen LogP contribution in [0.5, 0.6) is 0 Å². The van der Waals surface area contributed by atoms with Gasteiger partial charge in [0, 0.05) is 0 Å². The smallest absolute Gasteiger partial charge is 0.166 e. The molecular formula is C10H9F3. The highest BCUT2D eigenvalue weighted by atomic mass is 19.4. The number of hydrogen-bond donors (Lipinski definition) is 0. The van der Waals surface area contributed by atoms with E-state index < -0.39 is 11.7 Å². The highest BCUT2D eigenvalue weighted by molar-refractivity contribution is 5.26. The quantitative estimate of drug-likeness (QED) is 0.620. The first-order valence-electron chi connectivity index (χ1n) is 3.81. The van der Waals surface area contributed by atoms with Gasteiger partial charge in [-0.3, -0.25) is 0 Å². The maximum atomic E-state index is 12.2. The van der Waals surface area contributed by atoms with E-state index in [4.69, 9.17) is 0 Å². The van der Waals surface area contributed by atoms with E-state index in [0.717, 1.165) is 12.1 Å². The van der Waals surface area contributed by atoms with Gasteiger partial charge < -0.3 is 0 Å². The highest BCUT2D eigenvalue weighted by Gasteiger charge is 2.30. The highest BCUT2D eigenvalue weighted by Crippen LogP contribution is 2.29. The molecule has 1 aromatic carbocycles. The zero-order chi connectivity index (χ0) is 9.90. The molecular weight excluding hydrogens is 177 g/mol. The van der Waals surface area contributed by atoms with Crippen LogP contribution < -0.4 is 0 Å². The Kier molecular flexibility index (Phi) is 2.76. The van der Waals surface area contributed by atoms with Crippen LogP contribution in [0.1, 0.15) is 11.1 Å². The fraction of sp³-hybridized carbons (Fsp3) is 0.200. The summed E-state index contributed by atoms with van der Waals surface area (Å²) < 4.78 is 36.5. The Bertz CT molecular complexity index is 299. The molecule has 1 aromatic rings.